The van der Waals surface area contributed by atoms with Gasteiger partial charge >= 0.3 is 18.2 Å². The van der Waals surface area contributed by atoms with Crippen LogP contribution in [0.1, 0.15) is 53.9 Å². The molecule has 0 aliphatic rings. The van der Waals surface area contributed by atoms with Crippen LogP contribution in [0.4, 0.5) is 18.0 Å². The minimum atomic E-state index is -4.36. The number of carboxylic acid groups (broad SMARTS) is 1. The summed E-state index contributed by atoms with van der Waals surface area (Å²) in [4.78, 5) is 24.6. The Morgan fingerprint density at radius 3 is 1.91 bits per heavy atom. The van der Waals surface area contributed by atoms with Crippen molar-refractivity contribution in [2.24, 2.45) is 0 Å². The highest BCUT2D eigenvalue weighted by Gasteiger charge is 2.43. The minimum Gasteiger partial charge on any atom is -0.480 e. The first kappa shape index (κ1) is 20.5. The highest BCUT2D eigenvalue weighted by Crippen LogP contribution is 2.29. The monoisotopic (exact) mass is 327 g/mol. The molecule has 1 N–H and O–H groups in total. The molecule has 0 aromatic heterocycles. The van der Waals surface area contributed by atoms with Crippen molar-refractivity contribution >= 4 is 12.1 Å². The van der Waals surface area contributed by atoms with E-state index < -0.39 is 35.8 Å². The maximum atomic E-state index is 12.2. The van der Waals surface area contributed by atoms with Gasteiger partial charge in [-0.2, -0.15) is 13.2 Å². The third-order valence-electron chi connectivity index (χ3n) is 3.11. The van der Waals surface area contributed by atoms with Gasteiger partial charge in [-0.1, -0.05) is 0 Å². The number of alkyl halides is 3. The first-order valence-electron chi connectivity index (χ1n) is 7.03. The van der Waals surface area contributed by atoms with Crippen LogP contribution in [0.3, 0.4) is 0 Å². The predicted octanol–water partition coefficient (Wildman–Crippen LogP) is 3.82. The van der Waals surface area contributed by atoms with Crippen LogP contribution >= 0.6 is 0 Å². The predicted molar refractivity (Wildman–Crippen MR) is 74.6 cm³/mol. The molecule has 0 aliphatic carbocycles. The standard InChI is InChI=1S/C14H24F3NO4/c1-6-18(11(21)22-12(2,3)4)13(5,10(19)20)8-7-9-14(15,16)17/h6-9H2,1-5H3,(H,19,20). The van der Waals surface area contributed by atoms with E-state index in [9.17, 15) is 27.9 Å². The smallest absolute Gasteiger partial charge is 0.411 e. The average molecular weight is 327 g/mol. The molecule has 1 amide bonds. The Labute approximate surface area is 128 Å². The third kappa shape index (κ3) is 6.53. The van der Waals surface area contributed by atoms with E-state index in [4.69, 9.17) is 4.74 Å². The van der Waals surface area contributed by atoms with Crippen LogP contribution in [0.15, 0.2) is 0 Å². The molecule has 1 unspecified atom stereocenters. The van der Waals surface area contributed by atoms with Gasteiger partial charge in [-0.05, 0) is 47.5 Å². The average Bonchev–Trinajstić information content (AvgIpc) is 2.24. The summed E-state index contributed by atoms with van der Waals surface area (Å²) >= 11 is 0. The summed E-state index contributed by atoms with van der Waals surface area (Å²) in [6.45, 7) is 7.68. The molecule has 0 fully saturated rings. The quantitative estimate of drug-likeness (QED) is 0.805. The summed E-state index contributed by atoms with van der Waals surface area (Å²) in [5.41, 5.74) is -2.57. The fourth-order valence-electron chi connectivity index (χ4n) is 1.99. The van der Waals surface area contributed by atoms with Gasteiger partial charge in [0.1, 0.15) is 11.1 Å². The second-order valence-electron chi connectivity index (χ2n) is 6.27. The number of hydrogen-bond donors (Lipinski definition) is 1. The summed E-state index contributed by atoms with van der Waals surface area (Å²) in [5.74, 6) is -1.36. The fraction of sp³-hybridized carbons (Fsp3) is 0.857. The first-order valence-corrected chi connectivity index (χ1v) is 7.03. The van der Waals surface area contributed by atoms with Crippen molar-refractivity contribution in [1.29, 1.82) is 0 Å². The van der Waals surface area contributed by atoms with Crippen molar-refractivity contribution in [1.82, 2.24) is 4.90 Å². The Kier molecular flexibility index (Phi) is 6.71. The molecule has 5 nitrogen and oxygen atoms in total. The van der Waals surface area contributed by atoms with Crippen molar-refractivity contribution in [2.75, 3.05) is 6.54 Å². The third-order valence-corrected chi connectivity index (χ3v) is 3.11. The van der Waals surface area contributed by atoms with E-state index in [1.807, 2.05) is 0 Å². The summed E-state index contributed by atoms with van der Waals surface area (Å²) < 4.78 is 41.9. The lowest BCUT2D eigenvalue weighted by Gasteiger charge is -2.38. The molecule has 0 aliphatic heterocycles. The number of ether oxygens (including phenoxy) is 1. The molecule has 0 rings (SSSR count). The number of hydrogen-bond acceptors (Lipinski definition) is 3. The molecule has 0 radical (unpaired) electrons. The van der Waals surface area contributed by atoms with E-state index >= 15 is 0 Å². The van der Waals surface area contributed by atoms with Crippen LogP contribution < -0.4 is 0 Å². The molecular weight excluding hydrogens is 303 g/mol. The number of carboxylic acids is 1. The van der Waals surface area contributed by atoms with Crippen LogP contribution in [-0.2, 0) is 9.53 Å². The molecule has 8 heteroatoms. The van der Waals surface area contributed by atoms with Crippen molar-refractivity contribution < 1.29 is 32.6 Å². The lowest BCUT2D eigenvalue weighted by molar-refractivity contribution is -0.153. The summed E-state index contributed by atoms with van der Waals surface area (Å²) in [6.07, 6.45) is -7.00. The normalized spacial score (nSPS) is 15.1. The molecule has 0 heterocycles. The van der Waals surface area contributed by atoms with Gasteiger partial charge in [0.2, 0.25) is 0 Å². The lowest BCUT2D eigenvalue weighted by atomic mass is 9.92. The van der Waals surface area contributed by atoms with Crippen LogP contribution in [-0.4, -0.2) is 45.9 Å². The Balaban J connectivity index is 5.15. The van der Waals surface area contributed by atoms with E-state index in [-0.39, 0.29) is 19.4 Å². The van der Waals surface area contributed by atoms with Gasteiger partial charge < -0.3 is 9.84 Å². The van der Waals surface area contributed by atoms with Crippen molar-refractivity contribution in [3.63, 3.8) is 0 Å². The first-order chi connectivity index (χ1) is 9.73. The van der Waals surface area contributed by atoms with E-state index in [0.29, 0.717) is 0 Å². The molecule has 0 aromatic rings. The zero-order valence-electron chi connectivity index (χ0n) is 13.6. The van der Waals surface area contributed by atoms with E-state index in [0.717, 1.165) is 4.90 Å². The van der Waals surface area contributed by atoms with E-state index in [1.54, 1.807) is 27.7 Å². The van der Waals surface area contributed by atoms with Gasteiger partial charge in [0, 0.05) is 13.0 Å². The van der Waals surface area contributed by atoms with Crippen LogP contribution in [0.2, 0.25) is 0 Å². The van der Waals surface area contributed by atoms with Gasteiger partial charge in [0.15, 0.2) is 0 Å². The number of amides is 1. The van der Waals surface area contributed by atoms with E-state index in [1.165, 1.54) is 6.92 Å². The van der Waals surface area contributed by atoms with Crippen molar-refractivity contribution in [3.05, 3.63) is 0 Å². The minimum absolute atomic E-state index is 0.0176. The molecule has 130 valence electrons. The highest BCUT2D eigenvalue weighted by atomic mass is 19.4. The molecule has 22 heavy (non-hydrogen) atoms. The number of halogens is 3. The zero-order chi connectivity index (χ0) is 17.8. The number of likely N-dealkylation sites (N-methyl/N-ethyl adjacent to an activating group) is 1. The summed E-state index contributed by atoms with van der Waals surface area (Å²) in [6, 6.07) is 0. The van der Waals surface area contributed by atoms with Gasteiger partial charge in [0.05, 0.1) is 0 Å². The Bertz CT molecular complexity index is 404. The number of nitrogens with zero attached hydrogens (tertiary/aromatic N) is 1. The number of carbonyl (C=O) groups is 2. The maximum Gasteiger partial charge on any atom is 0.411 e. The second kappa shape index (κ2) is 7.19. The number of aliphatic carboxylic acids is 1. The fourth-order valence-corrected chi connectivity index (χ4v) is 1.99. The highest BCUT2D eigenvalue weighted by molar-refractivity contribution is 5.84. The Morgan fingerprint density at radius 1 is 1.09 bits per heavy atom. The maximum absolute atomic E-state index is 12.2. The van der Waals surface area contributed by atoms with E-state index in [2.05, 4.69) is 0 Å². The summed E-state index contributed by atoms with van der Waals surface area (Å²) in [7, 11) is 0. The molecular formula is C14H24F3NO4. The topological polar surface area (TPSA) is 66.8 Å². The van der Waals surface area contributed by atoms with Gasteiger partial charge in [-0.15, -0.1) is 0 Å². The van der Waals surface area contributed by atoms with Gasteiger partial charge in [-0.25, -0.2) is 9.59 Å². The van der Waals surface area contributed by atoms with Crippen LogP contribution in [0.25, 0.3) is 0 Å². The van der Waals surface area contributed by atoms with Gasteiger partial charge in [-0.3, -0.25) is 4.90 Å². The van der Waals surface area contributed by atoms with Crippen molar-refractivity contribution in [2.45, 2.75) is 71.2 Å². The van der Waals surface area contributed by atoms with Gasteiger partial charge in [0.25, 0.3) is 0 Å². The number of rotatable bonds is 6. The lowest BCUT2D eigenvalue weighted by Crippen LogP contribution is -2.56. The molecule has 1 atom stereocenters. The largest absolute Gasteiger partial charge is 0.480 e. The second-order valence-corrected chi connectivity index (χ2v) is 6.27. The van der Waals surface area contributed by atoms with Crippen LogP contribution in [0.5, 0.6) is 0 Å². The molecule has 0 spiro atoms. The zero-order valence-corrected chi connectivity index (χ0v) is 13.6. The number of carbonyl (C=O) groups excluding carboxylic acids is 1. The molecule has 0 saturated carbocycles. The molecule has 0 bridgehead atoms. The molecule has 0 aromatic carbocycles. The van der Waals surface area contributed by atoms with Crippen molar-refractivity contribution in [3.8, 4) is 0 Å². The Morgan fingerprint density at radius 2 is 1.59 bits per heavy atom. The summed E-state index contributed by atoms with van der Waals surface area (Å²) in [5, 5.41) is 9.38. The van der Waals surface area contributed by atoms with Crippen LogP contribution in [0, 0.1) is 0 Å². The SMILES string of the molecule is CCN(C(=O)OC(C)(C)C)C(C)(CCCC(F)(F)F)C(=O)O. The molecule has 0 saturated heterocycles. The Hall–Kier alpha value is -1.47.